The van der Waals surface area contributed by atoms with Gasteiger partial charge >= 0.3 is 0 Å². The number of rotatable bonds is 4. The van der Waals surface area contributed by atoms with Crippen molar-refractivity contribution in [3.8, 4) is 5.75 Å². The SMILES string of the molecule is COc1ccc(CCl)cc1S(=O)(=O)N1CCCSCC1. The van der Waals surface area contributed by atoms with E-state index in [0.29, 0.717) is 18.8 Å². The molecule has 1 heterocycles. The average molecular weight is 336 g/mol. The highest BCUT2D eigenvalue weighted by Crippen LogP contribution is 2.29. The first-order valence-electron chi connectivity index (χ1n) is 6.40. The molecule has 1 saturated heterocycles. The number of ether oxygens (including phenoxy) is 1. The second-order valence-electron chi connectivity index (χ2n) is 4.49. The lowest BCUT2D eigenvalue weighted by molar-refractivity contribution is 0.394. The highest BCUT2D eigenvalue weighted by atomic mass is 35.5. The van der Waals surface area contributed by atoms with Crippen LogP contribution >= 0.6 is 23.4 Å². The first kappa shape index (κ1) is 15.9. The molecule has 0 radical (unpaired) electrons. The van der Waals surface area contributed by atoms with Crippen LogP contribution < -0.4 is 4.74 Å². The van der Waals surface area contributed by atoms with Crippen LogP contribution in [-0.2, 0) is 15.9 Å². The summed E-state index contributed by atoms with van der Waals surface area (Å²) in [4.78, 5) is 0.213. The summed E-state index contributed by atoms with van der Waals surface area (Å²) in [5.74, 6) is 2.49. The van der Waals surface area contributed by atoms with Crippen molar-refractivity contribution < 1.29 is 13.2 Å². The number of halogens is 1. The van der Waals surface area contributed by atoms with Gasteiger partial charge in [0.2, 0.25) is 10.0 Å². The van der Waals surface area contributed by atoms with Crippen molar-refractivity contribution in [1.82, 2.24) is 4.31 Å². The van der Waals surface area contributed by atoms with Crippen LogP contribution in [0.25, 0.3) is 0 Å². The van der Waals surface area contributed by atoms with Gasteiger partial charge in [0.1, 0.15) is 10.6 Å². The van der Waals surface area contributed by atoms with Crippen LogP contribution in [0.15, 0.2) is 23.1 Å². The van der Waals surface area contributed by atoms with E-state index in [1.54, 1.807) is 34.3 Å². The minimum Gasteiger partial charge on any atom is -0.495 e. The summed E-state index contributed by atoms with van der Waals surface area (Å²) in [6, 6.07) is 5.06. The zero-order valence-electron chi connectivity index (χ0n) is 11.3. The summed E-state index contributed by atoms with van der Waals surface area (Å²) < 4.78 is 32.3. The fourth-order valence-corrected chi connectivity index (χ4v) is 4.96. The van der Waals surface area contributed by atoms with Crippen molar-refractivity contribution in [2.45, 2.75) is 17.2 Å². The van der Waals surface area contributed by atoms with E-state index in [2.05, 4.69) is 0 Å². The third kappa shape index (κ3) is 3.42. The maximum Gasteiger partial charge on any atom is 0.246 e. The lowest BCUT2D eigenvalue weighted by Gasteiger charge is -2.21. The molecule has 0 atom stereocenters. The molecule has 1 aromatic carbocycles. The number of hydrogen-bond donors (Lipinski definition) is 0. The first-order valence-corrected chi connectivity index (χ1v) is 9.53. The second kappa shape index (κ2) is 7.02. The van der Waals surface area contributed by atoms with Crippen molar-refractivity contribution in [3.63, 3.8) is 0 Å². The summed E-state index contributed by atoms with van der Waals surface area (Å²) >= 11 is 7.59. The van der Waals surface area contributed by atoms with Gasteiger partial charge in [0, 0.05) is 24.7 Å². The number of methoxy groups -OCH3 is 1. The zero-order valence-corrected chi connectivity index (χ0v) is 13.7. The van der Waals surface area contributed by atoms with E-state index < -0.39 is 10.0 Å². The normalized spacial score (nSPS) is 17.7. The van der Waals surface area contributed by atoms with E-state index in [9.17, 15) is 8.42 Å². The molecule has 0 aliphatic carbocycles. The van der Waals surface area contributed by atoms with E-state index in [-0.39, 0.29) is 10.8 Å². The van der Waals surface area contributed by atoms with E-state index >= 15 is 0 Å². The Hall–Kier alpha value is -0.430. The third-order valence-corrected chi connectivity index (χ3v) is 6.46. The van der Waals surface area contributed by atoms with Gasteiger partial charge in [-0.15, -0.1) is 11.6 Å². The monoisotopic (exact) mass is 335 g/mol. The molecule has 7 heteroatoms. The topological polar surface area (TPSA) is 46.6 Å². The van der Waals surface area contributed by atoms with Gasteiger partial charge in [0.25, 0.3) is 0 Å². The molecule has 0 amide bonds. The van der Waals surface area contributed by atoms with Gasteiger partial charge in [-0.2, -0.15) is 16.1 Å². The number of sulfonamides is 1. The molecule has 1 aliphatic rings. The third-order valence-electron chi connectivity index (χ3n) is 3.18. The largest absolute Gasteiger partial charge is 0.495 e. The second-order valence-corrected chi connectivity index (χ2v) is 7.89. The lowest BCUT2D eigenvalue weighted by Crippen LogP contribution is -2.33. The Labute approximate surface area is 129 Å². The number of alkyl halides is 1. The van der Waals surface area contributed by atoms with Crippen LogP contribution in [0.5, 0.6) is 5.75 Å². The smallest absolute Gasteiger partial charge is 0.246 e. The number of nitrogens with zero attached hydrogens (tertiary/aromatic N) is 1. The standard InChI is InChI=1S/C13H18ClNO3S2/c1-18-12-4-3-11(10-14)9-13(12)20(16,17)15-5-2-7-19-8-6-15/h3-4,9H,2,5-8,10H2,1H3. The molecule has 2 rings (SSSR count). The Morgan fingerprint density at radius 2 is 2.15 bits per heavy atom. The molecule has 0 spiro atoms. The molecule has 1 aliphatic heterocycles. The molecule has 1 fully saturated rings. The predicted octanol–water partition coefficient (Wildman–Crippen LogP) is 2.56. The zero-order chi connectivity index (χ0) is 14.6. The highest BCUT2D eigenvalue weighted by Gasteiger charge is 2.28. The predicted molar refractivity (Wildman–Crippen MR) is 83.3 cm³/mol. The van der Waals surface area contributed by atoms with Crippen molar-refractivity contribution in [3.05, 3.63) is 23.8 Å². The fraction of sp³-hybridized carbons (Fsp3) is 0.538. The van der Waals surface area contributed by atoms with Crippen LogP contribution in [0.4, 0.5) is 0 Å². The highest BCUT2D eigenvalue weighted by molar-refractivity contribution is 7.99. The molecule has 0 saturated carbocycles. The van der Waals surface area contributed by atoms with Gasteiger partial charge in [0.05, 0.1) is 7.11 Å². The summed E-state index contributed by atoms with van der Waals surface area (Å²) in [5, 5.41) is 0. The number of thioether (sulfide) groups is 1. The van der Waals surface area contributed by atoms with E-state index in [1.807, 2.05) is 0 Å². The Kier molecular flexibility index (Phi) is 5.60. The molecule has 0 unspecified atom stereocenters. The van der Waals surface area contributed by atoms with Crippen LogP contribution in [-0.4, -0.2) is 44.4 Å². The van der Waals surface area contributed by atoms with Gasteiger partial charge in [-0.1, -0.05) is 6.07 Å². The number of hydrogen-bond acceptors (Lipinski definition) is 4. The van der Waals surface area contributed by atoms with Crippen LogP contribution in [0.2, 0.25) is 0 Å². The van der Waals surface area contributed by atoms with Crippen LogP contribution in [0.3, 0.4) is 0 Å². The van der Waals surface area contributed by atoms with Crippen LogP contribution in [0.1, 0.15) is 12.0 Å². The molecular formula is C13H18ClNO3S2. The van der Waals surface area contributed by atoms with Crippen molar-refractivity contribution in [2.24, 2.45) is 0 Å². The van der Waals surface area contributed by atoms with E-state index in [0.717, 1.165) is 23.5 Å². The Balaban J connectivity index is 2.41. The van der Waals surface area contributed by atoms with E-state index in [4.69, 9.17) is 16.3 Å². The maximum absolute atomic E-state index is 12.8. The van der Waals surface area contributed by atoms with Gasteiger partial charge in [0.15, 0.2) is 0 Å². The van der Waals surface area contributed by atoms with Gasteiger partial charge in [-0.05, 0) is 29.9 Å². The minimum absolute atomic E-state index is 0.213. The van der Waals surface area contributed by atoms with Gasteiger partial charge in [-0.3, -0.25) is 0 Å². The summed E-state index contributed by atoms with van der Waals surface area (Å²) in [5.41, 5.74) is 0.773. The molecule has 0 N–H and O–H groups in total. The maximum atomic E-state index is 12.8. The molecule has 0 bridgehead atoms. The fourth-order valence-electron chi connectivity index (χ4n) is 2.11. The quantitative estimate of drug-likeness (QED) is 0.793. The summed E-state index contributed by atoms with van der Waals surface area (Å²) in [6.07, 6.45) is 0.876. The average Bonchev–Trinajstić information content (AvgIpc) is 2.76. The summed E-state index contributed by atoms with van der Waals surface area (Å²) in [6.45, 7) is 1.10. The molecule has 1 aromatic rings. The molecular weight excluding hydrogens is 318 g/mol. The first-order chi connectivity index (χ1) is 9.59. The molecule has 112 valence electrons. The Bertz CT molecular complexity index is 555. The molecule has 20 heavy (non-hydrogen) atoms. The lowest BCUT2D eigenvalue weighted by atomic mass is 10.2. The van der Waals surface area contributed by atoms with Gasteiger partial charge in [-0.25, -0.2) is 8.42 Å². The van der Waals surface area contributed by atoms with Crippen molar-refractivity contribution in [2.75, 3.05) is 31.7 Å². The Morgan fingerprint density at radius 1 is 1.35 bits per heavy atom. The Morgan fingerprint density at radius 3 is 2.85 bits per heavy atom. The van der Waals surface area contributed by atoms with E-state index in [1.165, 1.54) is 7.11 Å². The van der Waals surface area contributed by atoms with Crippen molar-refractivity contribution >= 4 is 33.4 Å². The minimum atomic E-state index is -3.52. The summed E-state index contributed by atoms with van der Waals surface area (Å²) in [7, 11) is -2.05. The number of benzene rings is 1. The van der Waals surface area contributed by atoms with Crippen LogP contribution in [0, 0.1) is 0 Å². The van der Waals surface area contributed by atoms with Gasteiger partial charge < -0.3 is 4.74 Å². The van der Waals surface area contributed by atoms with Crippen molar-refractivity contribution in [1.29, 1.82) is 0 Å². The molecule has 0 aromatic heterocycles. The molecule has 4 nitrogen and oxygen atoms in total.